The summed E-state index contributed by atoms with van der Waals surface area (Å²) in [6, 6.07) is 52.1. The van der Waals surface area contributed by atoms with Crippen molar-refractivity contribution < 1.29 is 8.83 Å². The molecule has 7 aromatic carbocycles. The molecule has 1 aliphatic rings. The lowest BCUT2D eigenvalue weighted by atomic mass is 9.95. The third-order valence-corrected chi connectivity index (χ3v) is 9.33. The molecule has 3 heterocycles. The fourth-order valence-electron chi connectivity index (χ4n) is 7.04. The second kappa shape index (κ2) is 10.5. The summed E-state index contributed by atoms with van der Waals surface area (Å²) in [7, 11) is 0. The number of nitrogens with zero attached hydrogens (tertiary/aromatic N) is 2. The zero-order chi connectivity index (χ0) is 31.6. The van der Waals surface area contributed by atoms with E-state index < -0.39 is 0 Å². The Labute approximate surface area is 275 Å². The molecule has 5 nitrogen and oxygen atoms in total. The molecule has 0 spiro atoms. The van der Waals surface area contributed by atoms with Crippen LogP contribution in [0, 0.1) is 0 Å². The molecule has 0 amide bonds. The van der Waals surface area contributed by atoms with Crippen molar-refractivity contribution >= 4 is 66.3 Å². The Morgan fingerprint density at radius 2 is 1.17 bits per heavy atom. The number of hydrogen-bond donors (Lipinski definition) is 1. The van der Waals surface area contributed by atoms with Gasteiger partial charge in [0.2, 0.25) is 0 Å². The van der Waals surface area contributed by atoms with Crippen molar-refractivity contribution in [3.63, 3.8) is 0 Å². The number of aliphatic imine (C=N–C) groups is 2. The van der Waals surface area contributed by atoms with Crippen LogP contribution >= 0.6 is 0 Å². The molecule has 48 heavy (non-hydrogen) atoms. The average Bonchev–Trinajstić information content (AvgIpc) is 3.73. The summed E-state index contributed by atoms with van der Waals surface area (Å²) < 4.78 is 13.4. The summed E-state index contributed by atoms with van der Waals surface area (Å²) in [4.78, 5) is 10.2. The predicted octanol–water partition coefficient (Wildman–Crippen LogP) is 10.8. The van der Waals surface area contributed by atoms with Gasteiger partial charge in [0.1, 0.15) is 34.3 Å². The molecule has 0 fully saturated rings. The van der Waals surface area contributed by atoms with Crippen LogP contribution in [0.2, 0.25) is 0 Å². The van der Waals surface area contributed by atoms with Crippen LogP contribution < -0.4 is 5.32 Å². The van der Waals surface area contributed by atoms with Crippen LogP contribution in [-0.4, -0.2) is 11.7 Å². The predicted molar refractivity (Wildman–Crippen MR) is 196 cm³/mol. The number of furan rings is 2. The quantitative estimate of drug-likeness (QED) is 0.214. The molecule has 1 atom stereocenters. The van der Waals surface area contributed by atoms with E-state index in [1.165, 1.54) is 0 Å². The van der Waals surface area contributed by atoms with Crippen LogP contribution in [-0.2, 0) is 0 Å². The van der Waals surface area contributed by atoms with Crippen molar-refractivity contribution in [3.8, 4) is 11.1 Å². The van der Waals surface area contributed by atoms with Gasteiger partial charge in [-0.3, -0.25) is 0 Å². The Kier molecular flexibility index (Phi) is 5.87. The SMILES string of the molecule is c1ccc(C2=NC(c3ccccc3)NC(c3ccc(-c4cccc5c4oc4ccccc45)c4oc5cc6ccccc6cc5c34)=N2)cc1. The van der Waals surface area contributed by atoms with E-state index in [2.05, 4.69) is 108 Å². The highest BCUT2D eigenvalue weighted by Crippen LogP contribution is 2.43. The first-order valence-electron chi connectivity index (χ1n) is 16.1. The van der Waals surface area contributed by atoms with E-state index in [0.717, 1.165) is 88.3 Å². The second-order valence-electron chi connectivity index (χ2n) is 12.2. The zero-order valence-corrected chi connectivity index (χ0v) is 25.7. The molecule has 2 aromatic heterocycles. The Balaban J connectivity index is 1.26. The molecular formula is C43H27N3O2. The minimum absolute atomic E-state index is 0.313. The van der Waals surface area contributed by atoms with Crippen LogP contribution in [0.1, 0.15) is 22.9 Å². The number of amidine groups is 2. The maximum Gasteiger partial charge on any atom is 0.159 e. The van der Waals surface area contributed by atoms with Crippen molar-refractivity contribution in [1.82, 2.24) is 5.32 Å². The van der Waals surface area contributed by atoms with Crippen molar-refractivity contribution in [2.75, 3.05) is 0 Å². The van der Waals surface area contributed by atoms with Gasteiger partial charge in [0.05, 0.1) is 0 Å². The number of benzene rings is 7. The first-order chi connectivity index (χ1) is 23.8. The fraction of sp³-hybridized carbons (Fsp3) is 0.0233. The van der Waals surface area contributed by atoms with E-state index in [0.29, 0.717) is 5.84 Å². The average molecular weight is 618 g/mol. The Morgan fingerprint density at radius 3 is 2.02 bits per heavy atom. The Bertz CT molecular complexity index is 2760. The summed E-state index contributed by atoms with van der Waals surface area (Å²) in [5, 5.41) is 10.2. The molecule has 9 aromatic rings. The smallest absolute Gasteiger partial charge is 0.159 e. The molecule has 1 unspecified atom stereocenters. The van der Waals surface area contributed by atoms with Gasteiger partial charge in [0.15, 0.2) is 5.84 Å². The van der Waals surface area contributed by atoms with E-state index in [1.54, 1.807) is 0 Å². The molecule has 0 saturated heterocycles. The van der Waals surface area contributed by atoms with Gasteiger partial charge in [-0.05, 0) is 46.7 Å². The molecule has 0 aliphatic carbocycles. The fourth-order valence-corrected chi connectivity index (χ4v) is 7.04. The topological polar surface area (TPSA) is 63.0 Å². The van der Waals surface area contributed by atoms with Gasteiger partial charge >= 0.3 is 0 Å². The van der Waals surface area contributed by atoms with Gasteiger partial charge in [0, 0.05) is 43.8 Å². The molecule has 0 radical (unpaired) electrons. The molecule has 1 N–H and O–H groups in total. The van der Waals surface area contributed by atoms with Crippen LogP contribution in [0.4, 0.5) is 0 Å². The molecule has 0 saturated carbocycles. The van der Waals surface area contributed by atoms with Crippen molar-refractivity contribution in [3.05, 3.63) is 168 Å². The lowest BCUT2D eigenvalue weighted by Crippen LogP contribution is -2.33. The monoisotopic (exact) mass is 617 g/mol. The molecule has 1 aliphatic heterocycles. The van der Waals surface area contributed by atoms with Crippen molar-refractivity contribution in [2.45, 2.75) is 6.17 Å². The second-order valence-corrected chi connectivity index (χ2v) is 12.2. The highest BCUT2D eigenvalue weighted by molar-refractivity contribution is 6.25. The lowest BCUT2D eigenvalue weighted by molar-refractivity contribution is 0.665. The van der Waals surface area contributed by atoms with E-state index in [9.17, 15) is 0 Å². The van der Waals surface area contributed by atoms with Crippen molar-refractivity contribution in [2.24, 2.45) is 9.98 Å². The van der Waals surface area contributed by atoms with Crippen LogP contribution in [0.3, 0.4) is 0 Å². The molecule has 10 rings (SSSR count). The summed E-state index contributed by atoms with van der Waals surface area (Å²) in [5.74, 6) is 1.42. The molecule has 0 bridgehead atoms. The van der Waals surface area contributed by atoms with Gasteiger partial charge in [-0.25, -0.2) is 9.98 Å². The molecule has 5 heteroatoms. The first-order valence-corrected chi connectivity index (χ1v) is 16.1. The summed E-state index contributed by atoms with van der Waals surface area (Å²) in [5.41, 5.74) is 8.23. The number of fused-ring (bicyclic) bond motifs is 7. The molecule has 226 valence electrons. The number of rotatable bonds is 4. The maximum atomic E-state index is 6.87. The largest absolute Gasteiger partial charge is 0.455 e. The number of hydrogen-bond acceptors (Lipinski definition) is 5. The summed E-state index contributed by atoms with van der Waals surface area (Å²) >= 11 is 0. The number of nitrogens with one attached hydrogen (secondary N) is 1. The minimum Gasteiger partial charge on any atom is -0.455 e. The van der Waals surface area contributed by atoms with E-state index in [-0.39, 0.29) is 6.17 Å². The van der Waals surface area contributed by atoms with Crippen LogP contribution in [0.15, 0.2) is 170 Å². The lowest BCUT2D eigenvalue weighted by Gasteiger charge is -2.24. The number of para-hydroxylation sites is 2. The standard InChI is InChI=1S/C43H27N3O2/c1-3-12-26(13-4-1)41-44-42(27-14-5-2-6-15-27)46-43(45-41)34-23-22-33(32-20-11-19-31-30-18-9-10-21-36(30)47-39(31)32)40-38(34)35-24-28-16-7-8-17-29(28)25-37(35)48-40/h1-25,41H,(H,44,45,46). The third-order valence-electron chi connectivity index (χ3n) is 9.33. The van der Waals surface area contributed by atoms with Gasteiger partial charge in [0.25, 0.3) is 0 Å². The van der Waals surface area contributed by atoms with E-state index >= 15 is 0 Å². The van der Waals surface area contributed by atoms with Gasteiger partial charge in [-0.15, -0.1) is 0 Å². The third kappa shape index (κ3) is 4.18. The van der Waals surface area contributed by atoms with Crippen LogP contribution in [0.25, 0.3) is 65.8 Å². The summed E-state index contributed by atoms with van der Waals surface area (Å²) in [6.07, 6.45) is -0.313. The maximum absolute atomic E-state index is 6.87. The van der Waals surface area contributed by atoms with Gasteiger partial charge in [-0.1, -0.05) is 121 Å². The first kappa shape index (κ1) is 26.7. The summed E-state index contributed by atoms with van der Waals surface area (Å²) in [6.45, 7) is 0. The van der Waals surface area contributed by atoms with Crippen LogP contribution in [0.5, 0.6) is 0 Å². The normalized spacial score (nSPS) is 14.9. The molecular weight excluding hydrogens is 590 g/mol. The van der Waals surface area contributed by atoms with Crippen molar-refractivity contribution in [1.29, 1.82) is 0 Å². The highest BCUT2D eigenvalue weighted by atomic mass is 16.3. The van der Waals surface area contributed by atoms with E-state index in [1.807, 2.05) is 48.5 Å². The Hall–Kier alpha value is -6.46. The van der Waals surface area contributed by atoms with E-state index in [4.69, 9.17) is 18.8 Å². The van der Waals surface area contributed by atoms with Gasteiger partial charge < -0.3 is 14.2 Å². The minimum atomic E-state index is -0.313. The zero-order valence-electron chi connectivity index (χ0n) is 25.7. The van der Waals surface area contributed by atoms with Gasteiger partial charge in [-0.2, -0.15) is 0 Å². The Morgan fingerprint density at radius 1 is 0.500 bits per heavy atom. The highest BCUT2D eigenvalue weighted by Gasteiger charge is 2.26.